The zero-order chi connectivity index (χ0) is 19.0. The quantitative estimate of drug-likeness (QED) is 0.392. The van der Waals surface area contributed by atoms with Gasteiger partial charge in [0.15, 0.2) is 0 Å². The zero-order valence-corrected chi connectivity index (χ0v) is 13.7. The molecular formula is C17H12N2O7. The number of rotatable bonds is 4. The zero-order valence-electron chi connectivity index (χ0n) is 13.7. The molecule has 132 valence electrons. The van der Waals surface area contributed by atoms with Gasteiger partial charge in [0.1, 0.15) is 11.3 Å². The monoisotopic (exact) mass is 356 g/mol. The Balaban J connectivity index is 2.11. The van der Waals surface area contributed by atoms with Crippen molar-refractivity contribution in [2.24, 2.45) is 0 Å². The Morgan fingerprint density at radius 1 is 0.962 bits per heavy atom. The molecule has 0 N–H and O–H groups in total. The van der Waals surface area contributed by atoms with E-state index in [1.54, 1.807) is 19.1 Å². The maximum atomic E-state index is 11.5. The molecule has 1 heterocycles. The van der Waals surface area contributed by atoms with E-state index in [0.717, 1.165) is 11.6 Å². The van der Waals surface area contributed by atoms with Crippen molar-refractivity contribution < 1.29 is 19.0 Å². The first-order chi connectivity index (χ1) is 12.3. The normalized spacial score (nSPS) is 10.7. The molecule has 0 unspecified atom stereocenters. The second-order valence-electron chi connectivity index (χ2n) is 5.63. The molecule has 0 atom stereocenters. The van der Waals surface area contributed by atoms with E-state index in [0.29, 0.717) is 5.39 Å². The molecule has 0 bridgehead atoms. The highest BCUT2D eigenvalue weighted by Crippen LogP contribution is 2.38. The van der Waals surface area contributed by atoms with Crippen molar-refractivity contribution in [1.82, 2.24) is 0 Å². The lowest BCUT2D eigenvalue weighted by Gasteiger charge is -2.10. The minimum Gasteiger partial charge on any atom is -0.450 e. The Kier molecular flexibility index (Phi) is 4.13. The van der Waals surface area contributed by atoms with Crippen LogP contribution in [0.3, 0.4) is 0 Å². The van der Waals surface area contributed by atoms with Crippen LogP contribution in [0.15, 0.2) is 45.6 Å². The van der Waals surface area contributed by atoms with Crippen LogP contribution in [0, 0.1) is 34.1 Å². The van der Waals surface area contributed by atoms with Crippen LogP contribution >= 0.6 is 0 Å². The van der Waals surface area contributed by atoms with Gasteiger partial charge in [0.2, 0.25) is 5.75 Å². The molecule has 0 saturated carbocycles. The van der Waals surface area contributed by atoms with Crippen LogP contribution in [-0.4, -0.2) is 9.85 Å². The highest BCUT2D eigenvalue weighted by atomic mass is 16.6. The Morgan fingerprint density at radius 3 is 2.35 bits per heavy atom. The number of benzene rings is 2. The Hall–Kier alpha value is -3.75. The summed E-state index contributed by atoms with van der Waals surface area (Å²) < 4.78 is 10.7. The Bertz CT molecular complexity index is 1120. The number of ether oxygens (including phenoxy) is 1. The fourth-order valence-corrected chi connectivity index (χ4v) is 2.60. The third kappa shape index (κ3) is 3.09. The van der Waals surface area contributed by atoms with Crippen molar-refractivity contribution >= 4 is 22.3 Å². The van der Waals surface area contributed by atoms with E-state index < -0.39 is 26.8 Å². The summed E-state index contributed by atoms with van der Waals surface area (Å²) in [5.74, 6) is 0.0845. The van der Waals surface area contributed by atoms with E-state index in [9.17, 15) is 25.0 Å². The van der Waals surface area contributed by atoms with Crippen LogP contribution in [-0.2, 0) is 0 Å². The van der Waals surface area contributed by atoms with Gasteiger partial charge in [-0.05, 0) is 31.5 Å². The first-order valence-corrected chi connectivity index (χ1v) is 7.42. The fraction of sp³-hybridized carbons (Fsp3) is 0.118. The third-order valence-corrected chi connectivity index (χ3v) is 3.79. The van der Waals surface area contributed by atoms with Gasteiger partial charge in [-0.1, -0.05) is 0 Å². The molecule has 9 nitrogen and oxygen atoms in total. The maximum absolute atomic E-state index is 11.5. The highest BCUT2D eigenvalue weighted by molar-refractivity contribution is 5.81. The molecule has 0 spiro atoms. The number of aryl methyl sites for hydroxylation is 2. The highest BCUT2D eigenvalue weighted by Gasteiger charge is 2.24. The van der Waals surface area contributed by atoms with E-state index >= 15 is 0 Å². The second kappa shape index (κ2) is 6.28. The number of non-ortho nitro benzene ring substituents is 1. The summed E-state index contributed by atoms with van der Waals surface area (Å²) in [6.45, 7) is 3.23. The molecule has 3 rings (SSSR count). The van der Waals surface area contributed by atoms with Gasteiger partial charge in [-0.15, -0.1) is 0 Å². The van der Waals surface area contributed by atoms with Crippen LogP contribution in [0.2, 0.25) is 0 Å². The van der Waals surface area contributed by atoms with Gasteiger partial charge < -0.3 is 9.15 Å². The van der Waals surface area contributed by atoms with Gasteiger partial charge in [0.25, 0.3) is 5.69 Å². The van der Waals surface area contributed by atoms with Crippen molar-refractivity contribution in [3.8, 4) is 11.5 Å². The predicted molar refractivity (Wildman–Crippen MR) is 91.8 cm³/mol. The number of nitro benzene ring substituents is 2. The van der Waals surface area contributed by atoms with Crippen LogP contribution in [0.1, 0.15) is 11.1 Å². The molecule has 2 aromatic carbocycles. The maximum Gasteiger partial charge on any atom is 0.336 e. The van der Waals surface area contributed by atoms with Crippen molar-refractivity contribution in [2.45, 2.75) is 13.8 Å². The summed E-state index contributed by atoms with van der Waals surface area (Å²) in [4.78, 5) is 32.2. The van der Waals surface area contributed by atoms with E-state index in [1.807, 2.05) is 0 Å². The number of hydrogen-bond donors (Lipinski definition) is 0. The molecule has 0 radical (unpaired) electrons. The van der Waals surface area contributed by atoms with Crippen LogP contribution in [0.25, 0.3) is 11.0 Å². The minimum atomic E-state index is -0.749. The Labute approximate surface area is 145 Å². The van der Waals surface area contributed by atoms with Crippen LogP contribution in [0.5, 0.6) is 11.5 Å². The Morgan fingerprint density at radius 2 is 1.69 bits per heavy atom. The third-order valence-electron chi connectivity index (χ3n) is 3.79. The SMILES string of the molecule is Cc1cc([N+](=O)[O-])cc([N+](=O)[O-])c1Oc1ccc2c(C)cc(=O)oc2c1. The molecule has 3 aromatic rings. The smallest absolute Gasteiger partial charge is 0.336 e. The van der Waals surface area contributed by atoms with E-state index in [1.165, 1.54) is 25.1 Å². The van der Waals surface area contributed by atoms with Gasteiger partial charge in [-0.3, -0.25) is 20.2 Å². The van der Waals surface area contributed by atoms with E-state index in [4.69, 9.17) is 9.15 Å². The molecule has 26 heavy (non-hydrogen) atoms. The molecule has 0 aliphatic heterocycles. The lowest BCUT2D eigenvalue weighted by Crippen LogP contribution is -2.00. The van der Waals surface area contributed by atoms with Gasteiger partial charge in [0.05, 0.1) is 15.9 Å². The van der Waals surface area contributed by atoms with Crippen molar-refractivity contribution in [3.05, 3.63) is 78.2 Å². The molecule has 0 saturated heterocycles. The van der Waals surface area contributed by atoms with Crippen molar-refractivity contribution in [1.29, 1.82) is 0 Å². The van der Waals surface area contributed by atoms with Gasteiger partial charge >= 0.3 is 11.3 Å². The first-order valence-electron chi connectivity index (χ1n) is 7.42. The molecule has 0 aliphatic rings. The van der Waals surface area contributed by atoms with E-state index in [-0.39, 0.29) is 22.6 Å². The predicted octanol–water partition coefficient (Wildman–Crippen LogP) is 4.02. The summed E-state index contributed by atoms with van der Waals surface area (Å²) in [6.07, 6.45) is 0. The van der Waals surface area contributed by atoms with Crippen LogP contribution < -0.4 is 10.4 Å². The number of nitro groups is 2. The molecule has 0 fully saturated rings. The summed E-state index contributed by atoms with van der Waals surface area (Å²) in [5, 5.41) is 22.9. The van der Waals surface area contributed by atoms with Gasteiger partial charge in [-0.2, -0.15) is 0 Å². The molecule has 0 aliphatic carbocycles. The average Bonchev–Trinajstić information content (AvgIpc) is 2.55. The summed E-state index contributed by atoms with van der Waals surface area (Å²) >= 11 is 0. The van der Waals surface area contributed by atoms with Crippen LogP contribution in [0.4, 0.5) is 11.4 Å². The number of fused-ring (bicyclic) bond motifs is 1. The first kappa shape index (κ1) is 17.1. The van der Waals surface area contributed by atoms with E-state index in [2.05, 4.69) is 0 Å². The fourth-order valence-electron chi connectivity index (χ4n) is 2.60. The van der Waals surface area contributed by atoms with Gasteiger partial charge in [-0.25, -0.2) is 4.79 Å². The second-order valence-corrected chi connectivity index (χ2v) is 5.63. The summed E-state index contributed by atoms with van der Waals surface area (Å²) in [7, 11) is 0. The van der Waals surface area contributed by atoms with Crippen molar-refractivity contribution in [3.63, 3.8) is 0 Å². The summed E-state index contributed by atoms with van der Waals surface area (Å²) in [6, 6.07) is 8.05. The number of nitrogens with zero attached hydrogens (tertiary/aromatic N) is 2. The molecular weight excluding hydrogens is 344 g/mol. The van der Waals surface area contributed by atoms with Crippen molar-refractivity contribution in [2.75, 3.05) is 0 Å². The standard InChI is InChI=1S/C17H12N2O7/c1-9-6-16(20)26-15-8-12(3-4-13(9)15)25-17-10(2)5-11(18(21)22)7-14(17)19(23)24/h3-8H,1-2H3. The minimum absolute atomic E-state index is 0.116. The molecule has 0 amide bonds. The van der Waals surface area contributed by atoms with Gasteiger partial charge in [0, 0.05) is 29.1 Å². The average molecular weight is 356 g/mol. The largest absolute Gasteiger partial charge is 0.450 e. The molecule has 9 heteroatoms. The number of hydrogen-bond acceptors (Lipinski definition) is 7. The topological polar surface area (TPSA) is 126 Å². The molecule has 1 aromatic heterocycles. The summed E-state index contributed by atoms with van der Waals surface area (Å²) in [5.41, 5.74) is -0.222. The lowest BCUT2D eigenvalue weighted by molar-refractivity contribution is -0.394. The lowest BCUT2D eigenvalue weighted by atomic mass is 10.1.